The minimum Gasteiger partial charge on any atom is -0.462 e. The van der Waals surface area contributed by atoms with E-state index in [1.807, 2.05) is 16.7 Å². The van der Waals surface area contributed by atoms with Crippen molar-refractivity contribution in [2.45, 2.75) is 12.6 Å². The van der Waals surface area contributed by atoms with E-state index in [0.29, 0.717) is 40.4 Å². The SMILES string of the molecule is C=C1c2c(-c3ccc(C(=O)Nc4ccccn4)cc3)c3c(N)ncnc3n2CC1NC(=O)C#CO. The molecule has 2 amide bonds. The largest absolute Gasteiger partial charge is 0.462 e. The van der Waals surface area contributed by atoms with Crippen LogP contribution in [0.15, 0.2) is 61.6 Å². The molecule has 4 heterocycles. The summed E-state index contributed by atoms with van der Waals surface area (Å²) in [6.07, 6.45) is 4.58. The number of aromatic nitrogens is 4. The third-order valence-corrected chi connectivity index (χ3v) is 5.78. The first-order chi connectivity index (χ1) is 17.0. The molecule has 10 nitrogen and oxygen atoms in total. The number of hydrogen-bond acceptors (Lipinski definition) is 7. The second-order valence-corrected chi connectivity index (χ2v) is 7.83. The van der Waals surface area contributed by atoms with E-state index in [1.165, 1.54) is 6.33 Å². The number of aliphatic hydroxyl groups is 1. The third-order valence-electron chi connectivity index (χ3n) is 5.78. The number of fused-ring (bicyclic) bond motifs is 3. The minimum absolute atomic E-state index is 0.290. The van der Waals surface area contributed by atoms with Gasteiger partial charge in [-0.2, -0.15) is 0 Å². The van der Waals surface area contributed by atoms with Crippen LogP contribution in [0.3, 0.4) is 0 Å². The number of pyridine rings is 1. The molecule has 1 unspecified atom stereocenters. The summed E-state index contributed by atoms with van der Waals surface area (Å²) in [4.78, 5) is 37.3. The Hall–Kier alpha value is -5.17. The van der Waals surface area contributed by atoms with E-state index in [0.717, 1.165) is 16.8 Å². The molecular weight excluding hydrogens is 446 g/mol. The molecule has 0 saturated carbocycles. The molecule has 4 aromatic rings. The maximum Gasteiger partial charge on any atom is 0.299 e. The molecule has 0 aliphatic carbocycles. The van der Waals surface area contributed by atoms with E-state index < -0.39 is 11.9 Å². The Morgan fingerprint density at radius 1 is 1.14 bits per heavy atom. The summed E-state index contributed by atoms with van der Waals surface area (Å²) in [5.41, 5.74) is 10.2. The number of nitrogens with one attached hydrogen (secondary N) is 2. The van der Waals surface area contributed by atoms with Crippen LogP contribution in [0.25, 0.3) is 27.7 Å². The van der Waals surface area contributed by atoms with Crippen LogP contribution in [0.5, 0.6) is 0 Å². The average Bonchev–Trinajstić information content (AvgIpc) is 3.35. The Morgan fingerprint density at radius 2 is 1.94 bits per heavy atom. The summed E-state index contributed by atoms with van der Waals surface area (Å²) in [6.45, 7) is 4.55. The molecule has 5 rings (SSSR count). The van der Waals surface area contributed by atoms with Gasteiger partial charge in [-0.25, -0.2) is 15.0 Å². The number of amides is 2. The first-order valence-electron chi connectivity index (χ1n) is 10.6. The van der Waals surface area contributed by atoms with E-state index in [-0.39, 0.29) is 5.91 Å². The van der Waals surface area contributed by atoms with Gasteiger partial charge in [-0.05, 0) is 35.4 Å². The number of rotatable bonds is 4. The molecular formula is C25H19N7O3. The molecule has 0 bridgehead atoms. The highest BCUT2D eigenvalue weighted by molar-refractivity contribution is 6.08. The number of nitrogens with two attached hydrogens (primary N) is 1. The Kier molecular flexibility index (Phi) is 5.35. The van der Waals surface area contributed by atoms with Gasteiger partial charge in [0.2, 0.25) is 0 Å². The zero-order valence-electron chi connectivity index (χ0n) is 18.3. The summed E-state index contributed by atoms with van der Waals surface area (Å²) < 4.78 is 1.92. The van der Waals surface area contributed by atoms with Crippen molar-refractivity contribution in [1.82, 2.24) is 24.8 Å². The van der Waals surface area contributed by atoms with Crippen LogP contribution < -0.4 is 16.4 Å². The van der Waals surface area contributed by atoms with Crippen molar-refractivity contribution in [3.63, 3.8) is 0 Å². The van der Waals surface area contributed by atoms with E-state index in [9.17, 15) is 9.59 Å². The summed E-state index contributed by atoms with van der Waals surface area (Å²) in [5.74, 6) is 1.91. The number of aliphatic hydroxyl groups excluding tert-OH is 1. The highest BCUT2D eigenvalue weighted by Crippen LogP contribution is 2.43. The topological polar surface area (TPSA) is 148 Å². The Labute approximate surface area is 199 Å². The van der Waals surface area contributed by atoms with Crippen molar-refractivity contribution in [3.05, 3.63) is 72.8 Å². The van der Waals surface area contributed by atoms with Crippen molar-refractivity contribution >= 4 is 40.1 Å². The maximum absolute atomic E-state index is 12.6. The van der Waals surface area contributed by atoms with Crippen molar-refractivity contribution in [2.75, 3.05) is 11.1 Å². The normalized spacial score (nSPS) is 14.2. The van der Waals surface area contributed by atoms with Crippen LogP contribution in [0.4, 0.5) is 11.6 Å². The molecule has 0 saturated heterocycles. The van der Waals surface area contributed by atoms with Gasteiger partial charge in [0.05, 0.1) is 17.1 Å². The lowest BCUT2D eigenvalue weighted by molar-refractivity contribution is -0.116. The average molecular weight is 465 g/mol. The maximum atomic E-state index is 12.6. The fraction of sp³-hybridized carbons (Fsp3) is 0.0800. The second-order valence-electron chi connectivity index (χ2n) is 7.83. The van der Waals surface area contributed by atoms with E-state index in [1.54, 1.807) is 42.6 Å². The van der Waals surface area contributed by atoms with Gasteiger partial charge in [-0.3, -0.25) is 9.59 Å². The highest BCUT2D eigenvalue weighted by atomic mass is 16.2. The van der Waals surface area contributed by atoms with Crippen molar-refractivity contribution in [1.29, 1.82) is 0 Å². The molecule has 1 aromatic carbocycles. The molecule has 0 radical (unpaired) electrons. The number of carbonyl (C=O) groups excluding carboxylic acids is 2. The molecule has 1 aliphatic heterocycles. The van der Waals surface area contributed by atoms with Crippen molar-refractivity contribution < 1.29 is 14.7 Å². The zero-order valence-corrected chi connectivity index (χ0v) is 18.3. The van der Waals surface area contributed by atoms with Gasteiger partial charge < -0.3 is 26.0 Å². The number of nitrogens with zero attached hydrogens (tertiary/aromatic N) is 4. The molecule has 0 spiro atoms. The lowest BCUT2D eigenvalue weighted by Crippen LogP contribution is -2.34. The molecule has 172 valence electrons. The first-order valence-corrected chi connectivity index (χ1v) is 10.6. The van der Waals surface area contributed by atoms with E-state index >= 15 is 0 Å². The quantitative estimate of drug-likeness (QED) is 0.338. The van der Waals surface area contributed by atoms with Crippen LogP contribution in [0.1, 0.15) is 16.1 Å². The summed E-state index contributed by atoms with van der Waals surface area (Å²) in [5, 5.41) is 14.9. The number of nitrogen functional groups attached to an aromatic ring is 1. The van der Waals surface area contributed by atoms with E-state index in [4.69, 9.17) is 10.8 Å². The Balaban J connectivity index is 1.53. The summed E-state index contributed by atoms with van der Waals surface area (Å²) >= 11 is 0. The van der Waals surface area contributed by atoms with Crippen molar-refractivity contribution in [2.24, 2.45) is 0 Å². The predicted molar refractivity (Wildman–Crippen MR) is 130 cm³/mol. The molecule has 1 atom stereocenters. The molecule has 35 heavy (non-hydrogen) atoms. The fourth-order valence-corrected chi connectivity index (χ4v) is 4.24. The number of hydrogen-bond donors (Lipinski definition) is 4. The Morgan fingerprint density at radius 3 is 2.66 bits per heavy atom. The summed E-state index contributed by atoms with van der Waals surface area (Å²) in [6, 6.07) is 11.9. The number of benzene rings is 1. The smallest absolute Gasteiger partial charge is 0.299 e. The monoisotopic (exact) mass is 465 g/mol. The lowest BCUT2D eigenvalue weighted by Gasteiger charge is -2.13. The van der Waals surface area contributed by atoms with Gasteiger partial charge >= 0.3 is 0 Å². The van der Waals surface area contributed by atoms with Crippen LogP contribution >= 0.6 is 0 Å². The predicted octanol–water partition coefficient (Wildman–Crippen LogP) is 2.17. The molecule has 3 aromatic heterocycles. The minimum atomic E-state index is -0.618. The second kappa shape index (κ2) is 8.64. The lowest BCUT2D eigenvalue weighted by atomic mass is 9.97. The first kappa shape index (κ1) is 21.7. The number of carbonyl (C=O) groups is 2. The molecule has 0 fully saturated rings. The van der Waals surface area contributed by atoms with Crippen LogP contribution in [0.2, 0.25) is 0 Å². The van der Waals surface area contributed by atoms with Gasteiger partial charge in [0.25, 0.3) is 11.8 Å². The fourth-order valence-electron chi connectivity index (χ4n) is 4.24. The summed E-state index contributed by atoms with van der Waals surface area (Å²) in [7, 11) is 0. The molecule has 10 heteroatoms. The number of anilines is 2. The standard InChI is InChI=1S/C25H19N7O3/c1-14-17(30-19(34)9-11-33)12-32-22(14)20(21-23(26)28-13-29-24(21)32)15-5-7-16(8-6-15)25(35)31-18-4-2-3-10-27-18/h2-8,10,13,17,33H,1,12H2,(H,30,34)(H2,26,28,29)(H,27,31,35). The van der Waals surface area contributed by atoms with Crippen LogP contribution in [0, 0.1) is 12.0 Å². The molecule has 1 aliphatic rings. The van der Waals surface area contributed by atoms with Gasteiger partial charge in [-0.1, -0.05) is 24.8 Å². The third kappa shape index (κ3) is 3.81. The zero-order chi connectivity index (χ0) is 24.5. The Bertz CT molecular complexity index is 1550. The van der Waals surface area contributed by atoms with Gasteiger partial charge in [0.15, 0.2) is 0 Å². The van der Waals surface area contributed by atoms with Crippen LogP contribution in [-0.4, -0.2) is 42.5 Å². The van der Waals surface area contributed by atoms with Crippen LogP contribution in [-0.2, 0) is 11.3 Å². The van der Waals surface area contributed by atoms with Gasteiger partial charge in [0.1, 0.15) is 29.7 Å². The molecule has 5 N–H and O–H groups in total. The van der Waals surface area contributed by atoms with Gasteiger partial charge in [0, 0.05) is 29.8 Å². The van der Waals surface area contributed by atoms with Gasteiger partial charge in [-0.15, -0.1) is 0 Å². The van der Waals surface area contributed by atoms with E-state index in [2.05, 4.69) is 38.1 Å². The van der Waals surface area contributed by atoms with Crippen molar-refractivity contribution in [3.8, 4) is 23.2 Å². The highest BCUT2D eigenvalue weighted by Gasteiger charge is 2.34.